The highest BCUT2D eigenvalue weighted by atomic mass is 16.5. The van der Waals surface area contributed by atoms with Crippen molar-refractivity contribution in [3.8, 4) is 11.5 Å². The van der Waals surface area contributed by atoms with Gasteiger partial charge in [-0.1, -0.05) is 30.4 Å². The molecule has 0 atom stereocenters. The first-order valence-corrected chi connectivity index (χ1v) is 6.02. The van der Waals surface area contributed by atoms with E-state index in [1.54, 1.807) is 32.4 Å². The lowest BCUT2D eigenvalue weighted by Crippen LogP contribution is -1.92. The molecule has 0 aliphatic rings. The summed E-state index contributed by atoms with van der Waals surface area (Å²) < 4.78 is 14.9. The minimum absolute atomic E-state index is 0.381. The Morgan fingerprint density at radius 1 is 1.00 bits per heavy atom. The van der Waals surface area contributed by atoms with Gasteiger partial charge in [-0.25, -0.2) is 4.79 Å². The molecule has 0 bridgehead atoms. The van der Waals surface area contributed by atoms with Gasteiger partial charge in [0.2, 0.25) is 0 Å². The Labute approximate surface area is 119 Å². The van der Waals surface area contributed by atoms with E-state index in [4.69, 9.17) is 9.47 Å². The predicted octanol–water partition coefficient (Wildman–Crippen LogP) is 3.00. The standard InChI is InChI=1S/C16H18O4/c1-18-14-10-11-15(19-2)13(12-14)8-6-4-5-7-9-16(17)20-3/h4-12H,1-3H3/b5-4+,8-6+,9-7+. The highest BCUT2D eigenvalue weighted by Crippen LogP contribution is 2.24. The minimum Gasteiger partial charge on any atom is -0.497 e. The van der Waals surface area contributed by atoms with Crippen LogP contribution in [-0.4, -0.2) is 27.3 Å². The number of methoxy groups -OCH3 is 3. The summed E-state index contributed by atoms with van der Waals surface area (Å²) in [6.45, 7) is 0. The van der Waals surface area contributed by atoms with Gasteiger partial charge in [0.05, 0.1) is 21.3 Å². The van der Waals surface area contributed by atoms with Crippen LogP contribution in [0.4, 0.5) is 0 Å². The molecule has 1 aromatic rings. The Balaban J connectivity index is 2.72. The first kappa shape index (κ1) is 15.6. The SMILES string of the molecule is COC(=O)/C=C/C=C/C=C/c1cc(OC)ccc1OC. The lowest BCUT2D eigenvalue weighted by Gasteiger charge is -2.06. The van der Waals surface area contributed by atoms with Crippen LogP contribution in [0.2, 0.25) is 0 Å². The molecule has 0 saturated carbocycles. The molecule has 0 fully saturated rings. The number of esters is 1. The van der Waals surface area contributed by atoms with Crippen LogP contribution in [0.3, 0.4) is 0 Å². The van der Waals surface area contributed by atoms with Crippen molar-refractivity contribution in [1.29, 1.82) is 0 Å². The van der Waals surface area contributed by atoms with Crippen LogP contribution in [0.25, 0.3) is 6.08 Å². The van der Waals surface area contributed by atoms with E-state index in [1.165, 1.54) is 13.2 Å². The van der Waals surface area contributed by atoms with Crippen LogP contribution in [0, 0.1) is 0 Å². The summed E-state index contributed by atoms with van der Waals surface area (Å²) in [5.74, 6) is 1.15. The number of rotatable bonds is 6. The van der Waals surface area contributed by atoms with E-state index in [9.17, 15) is 4.79 Å². The van der Waals surface area contributed by atoms with Crippen molar-refractivity contribution >= 4 is 12.0 Å². The predicted molar refractivity (Wildman–Crippen MR) is 78.9 cm³/mol. The minimum atomic E-state index is -0.381. The monoisotopic (exact) mass is 274 g/mol. The third kappa shape index (κ3) is 5.02. The van der Waals surface area contributed by atoms with Gasteiger partial charge in [0.25, 0.3) is 0 Å². The van der Waals surface area contributed by atoms with Crippen molar-refractivity contribution in [2.45, 2.75) is 0 Å². The molecule has 0 heterocycles. The number of carbonyl (C=O) groups excluding carboxylic acids is 1. The van der Waals surface area contributed by atoms with E-state index >= 15 is 0 Å². The third-order valence-corrected chi connectivity index (χ3v) is 2.48. The van der Waals surface area contributed by atoms with E-state index in [2.05, 4.69) is 4.74 Å². The quantitative estimate of drug-likeness (QED) is 0.454. The van der Waals surface area contributed by atoms with E-state index in [1.807, 2.05) is 30.4 Å². The molecule has 0 saturated heterocycles. The van der Waals surface area contributed by atoms with Crippen molar-refractivity contribution in [2.24, 2.45) is 0 Å². The molecule has 4 heteroatoms. The average Bonchev–Trinajstić information content (AvgIpc) is 2.50. The van der Waals surface area contributed by atoms with Gasteiger partial charge in [-0.3, -0.25) is 0 Å². The molecule has 0 aliphatic heterocycles. The zero-order chi connectivity index (χ0) is 14.8. The summed E-state index contributed by atoms with van der Waals surface area (Å²) in [5.41, 5.74) is 0.911. The lowest BCUT2D eigenvalue weighted by molar-refractivity contribution is -0.134. The van der Waals surface area contributed by atoms with E-state index in [0.717, 1.165) is 17.1 Å². The van der Waals surface area contributed by atoms with Crippen LogP contribution in [-0.2, 0) is 9.53 Å². The van der Waals surface area contributed by atoms with Gasteiger partial charge >= 0.3 is 5.97 Å². The van der Waals surface area contributed by atoms with Crippen LogP contribution >= 0.6 is 0 Å². The van der Waals surface area contributed by atoms with Crippen molar-refractivity contribution < 1.29 is 19.0 Å². The number of benzene rings is 1. The lowest BCUT2D eigenvalue weighted by atomic mass is 10.1. The topological polar surface area (TPSA) is 44.8 Å². The highest BCUT2D eigenvalue weighted by molar-refractivity contribution is 5.82. The molecule has 0 spiro atoms. The smallest absolute Gasteiger partial charge is 0.330 e. The molecule has 0 amide bonds. The Morgan fingerprint density at radius 2 is 1.75 bits per heavy atom. The Hall–Kier alpha value is -2.49. The maximum atomic E-state index is 10.8. The first-order valence-electron chi connectivity index (χ1n) is 6.02. The maximum absolute atomic E-state index is 10.8. The third-order valence-electron chi connectivity index (χ3n) is 2.48. The van der Waals surface area contributed by atoms with Gasteiger partial charge in [-0.15, -0.1) is 0 Å². The number of carbonyl (C=O) groups is 1. The Kier molecular flexibility index (Phi) is 6.68. The van der Waals surface area contributed by atoms with Crippen molar-refractivity contribution in [3.63, 3.8) is 0 Å². The van der Waals surface area contributed by atoms with Crippen LogP contribution in [0.15, 0.2) is 48.6 Å². The van der Waals surface area contributed by atoms with Crippen molar-refractivity contribution in [1.82, 2.24) is 0 Å². The first-order chi connectivity index (χ1) is 9.71. The maximum Gasteiger partial charge on any atom is 0.330 e. The van der Waals surface area contributed by atoms with Gasteiger partial charge in [-0.05, 0) is 18.2 Å². The Bertz CT molecular complexity index is 527. The summed E-state index contributed by atoms with van der Waals surface area (Å²) in [5, 5.41) is 0. The summed E-state index contributed by atoms with van der Waals surface area (Å²) in [7, 11) is 4.58. The summed E-state index contributed by atoms with van der Waals surface area (Å²) in [4.78, 5) is 10.8. The molecule has 0 aliphatic carbocycles. The zero-order valence-corrected chi connectivity index (χ0v) is 11.8. The van der Waals surface area contributed by atoms with Crippen LogP contribution < -0.4 is 9.47 Å². The molecular weight excluding hydrogens is 256 g/mol. The number of ether oxygens (including phenoxy) is 3. The van der Waals surface area contributed by atoms with Gasteiger partial charge in [0.15, 0.2) is 0 Å². The number of hydrogen-bond donors (Lipinski definition) is 0. The zero-order valence-electron chi connectivity index (χ0n) is 11.8. The molecule has 0 N–H and O–H groups in total. The Morgan fingerprint density at radius 3 is 2.40 bits per heavy atom. The van der Waals surface area contributed by atoms with Crippen molar-refractivity contribution in [3.05, 3.63) is 54.1 Å². The summed E-state index contributed by atoms with van der Waals surface area (Å²) in [6.07, 6.45) is 10.2. The van der Waals surface area contributed by atoms with E-state index in [0.29, 0.717) is 0 Å². The molecule has 20 heavy (non-hydrogen) atoms. The second-order valence-corrected chi connectivity index (χ2v) is 3.73. The molecule has 0 aromatic heterocycles. The molecule has 1 aromatic carbocycles. The number of allylic oxidation sites excluding steroid dienone is 4. The molecular formula is C16H18O4. The molecule has 0 radical (unpaired) electrons. The largest absolute Gasteiger partial charge is 0.497 e. The molecule has 106 valence electrons. The molecule has 1 rings (SSSR count). The molecule has 4 nitrogen and oxygen atoms in total. The van der Waals surface area contributed by atoms with Gasteiger partial charge in [0.1, 0.15) is 11.5 Å². The molecule has 0 unspecified atom stereocenters. The van der Waals surface area contributed by atoms with Crippen molar-refractivity contribution in [2.75, 3.05) is 21.3 Å². The second-order valence-electron chi connectivity index (χ2n) is 3.73. The second kappa shape index (κ2) is 8.58. The average molecular weight is 274 g/mol. The summed E-state index contributed by atoms with van der Waals surface area (Å²) >= 11 is 0. The van der Waals surface area contributed by atoms with E-state index in [-0.39, 0.29) is 5.97 Å². The number of hydrogen-bond acceptors (Lipinski definition) is 4. The summed E-state index contributed by atoms with van der Waals surface area (Å²) in [6, 6.07) is 5.57. The highest BCUT2D eigenvalue weighted by Gasteiger charge is 2.00. The van der Waals surface area contributed by atoms with E-state index < -0.39 is 0 Å². The normalized spacial score (nSPS) is 11.3. The van der Waals surface area contributed by atoms with Gasteiger partial charge in [0, 0.05) is 11.6 Å². The van der Waals surface area contributed by atoms with Crippen LogP contribution in [0.5, 0.6) is 11.5 Å². The van der Waals surface area contributed by atoms with Gasteiger partial charge < -0.3 is 14.2 Å². The van der Waals surface area contributed by atoms with Crippen LogP contribution in [0.1, 0.15) is 5.56 Å². The fraction of sp³-hybridized carbons (Fsp3) is 0.188. The fourth-order valence-corrected chi connectivity index (χ4v) is 1.46. The van der Waals surface area contributed by atoms with Gasteiger partial charge in [-0.2, -0.15) is 0 Å². The fourth-order valence-electron chi connectivity index (χ4n) is 1.46.